The van der Waals surface area contributed by atoms with E-state index in [1.165, 1.54) is 18.6 Å². The monoisotopic (exact) mass is 249 g/mol. The molecular weight excluding hydrogens is 229 g/mol. The maximum Gasteiger partial charge on any atom is 0.254 e. The zero-order valence-corrected chi connectivity index (χ0v) is 11.0. The minimum Gasteiger partial charge on any atom is -0.349 e. The Morgan fingerprint density at radius 1 is 1.39 bits per heavy atom. The zero-order chi connectivity index (χ0) is 13.2. The summed E-state index contributed by atoms with van der Waals surface area (Å²) in [5.74, 6) is -0.749. The molecular formula is C15H20FNO. The fraction of sp³-hybridized carbons (Fsp3) is 0.533. The van der Waals surface area contributed by atoms with Crippen LogP contribution in [0.1, 0.15) is 49.9 Å². The Morgan fingerprint density at radius 2 is 2.11 bits per heavy atom. The Bertz CT molecular complexity index is 442. The lowest BCUT2D eigenvalue weighted by Crippen LogP contribution is -2.40. The third-order valence-corrected chi connectivity index (χ3v) is 3.66. The molecule has 0 aromatic heterocycles. The second kappa shape index (κ2) is 5.09. The van der Waals surface area contributed by atoms with Crippen LogP contribution in [-0.2, 0) is 0 Å². The van der Waals surface area contributed by atoms with Gasteiger partial charge in [-0.2, -0.15) is 0 Å². The molecule has 0 heterocycles. The molecule has 2 nitrogen and oxygen atoms in total. The molecule has 2 rings (SSSR count). The second-order valence-corrected chi connectivity index (χ2v) is 5.91. The van der Waals surface area contributed by atoms with E-state index in [0.717, 1.165) is 19.3 Å². The molecule has 1 aliphatic carbocycles. The number of benzene rings is 1. The van der Waals surface area contributed by atoms with Gasteiger partial charge in [0, 0.05) is 6.04 Å². The van der Waals surface area contributed by atoms with Crippen molar-refractivity contribution >= 4 is 5.91 Å². The quantitative estimate of drug-likeness (QED) is 0.853. The third-order valence-electron chi connectivity index (χ3n) is 3.66. The van der Waals surface area contributed by atoms with Crippen LogP contribution in [0.5, 0.6) is 0 Å². The van der Waals surface area contributed by atoms with E-state index in [9.17, 15) is 9.18 Å². The highest BCUT2D eigenvalue weighted by Crippen LogP contribution is 2.35. The standard InChI is InChI=1S/C15H20FNO/c1-15(2)9-5-6-11(10-15)17-14(18)12-7-3-4-8-13(12)16/h3-4,7-8,11H,5-6,9-10H2,1-2H3,(H,17,18). The molecule has 0 spiro atoms. The van der Waals surface area contributed by atoms with E-state index >= 15 is 0 Å². The summed E-state index contributed by atoms with van der Waals surface area (Å²) in [6, 6.07) is 6.29. The topological polar surface area (TPSA) is 29.1 Å². The van der Waals surface area contributed by atoms with Crippen LogP contribution >= 0.6 is 0 Å². The summed E-state index contributed by atoms with van der Waals surface area (Å²) in [7, 11) is 0. The lowest BCUT2D eigenvalue weighted by Gasteiger charge is -2.35. The molecule has 1 unspecified atom stereocenters. The van der Waals surface area contributed by atoms with Crippen LogP contribution in [0.3, 0.4) is 0 Å². The van der Waals surface area contributed by atoms with Crippen LogP contribution in [0, 0.1) is 11.2 Å². The molecule has 1 saturated carbocycles. The van der Waals surface area contributed by atoms with Crippen LogP contribution in [0.2, 0.25) is 0 Å². The summed E-state index contributed by atoms with van der Waals surface area (Å²) >= 11 is 0. The Labute approximate surface area is 108 Å². The molecule has 1 N–H and O–H groups in total. The minimum atomic E-state index is -0.454. The Hall–Kier alpha value is -1.38. The van der Waals surface area contributed by atoms with E-state index in [-0.39, 0.29) is 22.9 Å². The average Bonchev–Trinajstić information content (AvgIpc) is 2.28. The lowest BCUT2D eigenvalue weighted by molar-refractivity contribution is 0.0898. The van der Waals surface area contributed by atoms with E-state index in [4.69, 9.17) is 0 Å². The van der Waals surface area contributed by atoms with Crippen molar-refractivity contribution in [1.29, 1.82) is 0 Å². The van der Waals surface area contributed by atoms with Gasteiger partial charge in [0.1, 0.15) is 5.82 Å². The maximum absolute atomic E-state index is 13.5. The van der Waals surface area contributed by atoms with Crippen molar-refractivity contribution in [2.24, 2.45) is 5.41 Å². The molecule has 1 fully saturated rings. The molecule has 1 aliphatic rings. The summed E-state index contributed by atoms with van der Waals surface area (Å²) in [6.07, 6.45) is 4.27. The van der Waals surface area contributed by atoms with Gasteiger partial charge in [0.25, 0.3) is 5.91 Å². The Morgan fingerprint density at radius 3 is 2.78 bits per heavy atom. The summed E-state index contributed by atoms with van der Waals surface area (Å²) in [6.45, 7) is 4.43. The van der Waals surface area contributed by atoms with E-state index in [1.54, 1.807) is 12.1 Å². The van der Waals surface area contributed by atoms with Gasteiger partial charge in [-0.3, -0.25) is 4.79 Å². The molecule has 0 saturated heterocycles. The van der Waals surface area contributed by atoms with Crippen LogP contribution in [0.15, 0.2) is 24.3 Å². The van der Waals surface area contributed by atoms with Gasteiger partial charge in [0.2, 0.25) is 0 Å². The third kappa shape index (κ3) is 3.09. The van der Waals surface area contributed by atoms with Gasteiger partial charge in [-0.1, -0.05) is 32.4 Å². The fourth-order valence-corrected chi connectivity index (χ4v) is 2.73. The Balaban J connectivity index is 2.02. The number of carbonyl (C=O) groups is 1. The molecule has 1 aromatic rings. The van der Waals surface area contributed by atoms with Crippen molar-refractivity contribution in [1.82, 2.24) is 5.32 Å². The van der Waals surface area contributed by atoms with Gasteiger partial charge in [-0.15, -0.1) is 0 Å². The average molecular weight is 249 g/mol. The molecule has 3 heteroatoms. The van der Waals surface area contributed by atoms with Crippen molar-refractivity contribution < 1.29 is 9.18 Å². The molecule has 98 valence electrons. The molecule has 1 amide bonds. The molecule has 0 bridgehead atoms. The van der Waals surface area contributed by atoms with Gasteiger partial charge >= 0.3 is 0 Å². The number of hydrogen-bond donors (Lipinski definition) is 1. The van der Waals surface area contributed by atoms with Gasteiger partial charge < -0.3 is 5.32 Å². The van der Waals surface area contributed by atoms with Crippen LogP contribution in [0.25, 0.3) is 0 Å². The number of hydrogen-bond acceptors (Lipinski definition) is 1. The van der Waals surface area contributed by atoms with Crippen molar-refractivity contribution in [2.75, 3.05) is 0 Å². The van der Waals surface area contributed by atoms with Crippen molar-refractivity contribution in [3.05, 3.63) is 35.6 Å². The number of carbonyl (C=O) groups excluding carboxylic acids is 1. The minimum absolute atomic E-state index is 0.140. The second-order valence-electron chi connectivity index (χ2n) is 5.91. The summed E-state index contributed by atoms with van der Waals surface area (Å²) in [5, 5.41) is 2.95. The van der Waals surface area contributed by atoms with Crippen molar-refractivity contribution in [3.8, 4) is 0 Å². The lowest BCUT2D eigenvalue weighted by atomic mass is 9.75. The first kappa shape index (κ1) is 13.1. The van der Waals surface area contributed by atoms with Crippen molar-refractivity contribution in [3.63, 3.8) is 0 Å². The molecule has 0 radical (unpaired) electrons. The van der Waals surface area contributed by atoms with Crippen LogP contribution in [0.4, 0.5) is 4.39 Å². The largest absolute Gasteiger partial charge is 0.349 e. The van der Waals surface area contributed by atoms with E-state index < -0.39 is 5.82 Å². The first-order chi connectivity index (χ1) is 8.48. The summed E-state index contributed by atoms with van der Waals surface area (Å²) in [5.41, 5.74) is 0.409. The van der Waals surface area contributed by atoms with E-state index in [2.05, 4.69) is 19.2 Å². The highest BCUT2D eigenvalue weighted by Gasteiger charge is 2.29. The molecule has 1 aromatic carbocycles. The van der Waals surface area contributed by atoms with Crippen molar-refractivity contribution in [2.45, 2.75) is 45.6 Å². The zero-order valence-electron chi connectivity index (χ0n) is 11.0. The predicted octanol–water partition coefficient (Wildman–Crippen LogP) is 3.52. The van der Waals surface area contributed by atoms with Gasteiger partial charge in [-0.25, -0.2) is 4.39 Å². The number of rotatable bonds is 2. The van der Waals surface area contributed by atoms with Crippen LogP contribution < -0.4 is 5.32 Å². The maximum atomic E-state index is 13.5. The van der Waals surface area contributed by atoms with Crippen LogP contribution in [-0.4, -0.2) is 11.9 Å². The fourth-order valence-electron chi connectivity index (χ4n) is 2.73. The molecule has 18 heavy (non-hydrogen) atoms. The summed E-state index contributed by atoms with van der Waals surface area (Å²) in [4.78, 5) is 12.0. The van der Waals surface area contributed by atoms with Gasteiger partial charge in [-0.05, 0) is 36.8 Å². The van der Waals surface area contributed by atoms with Gasteiger partial charge in [0.15, 0.2) is 0 Å². The Kier molecular flexibility index (Phi) is 3.69. The van der Waals surface area contributed by atoms with E-state index in [0.29, 0.717) is 0 Å². The highest BCUT2D eigenvalue weighted by atomic mass is 19.1. The molecule has 1 atom stereocenters. The number of amides is 1. The number of nitrogens with one attached hydrogen (secondary N) is 1. The first-order valence-electron chi connectivity index (χ1n) is 6.53. The predicted molar refractivity (Wildman–Crippen MR) is 69.9 cm³/mol. The molecule has 0 aliphatic heterocycles. The summed E-state index contributed by atoms with van der Waals surface area (Å²) < 4.78 is 13.5. The highest BCUT2D eigenvalue weighted by molar-refractivity contribution is 5.94. The number of halogens is 1. The van der Waals surface area contributed by atoms with Gasteiger partial charge in [0.05, 0.1) is 5.56 Å². The smallest absolute Gasteiger partial charge is 0.254 e. The SMILES string of the molecule is CC1(C)CCCC(NC(=O)c2ccccc2F)C1. The van der Waals surface area contributed by atoms with E-state index in [1.807, 2.05) is 0 Å². The first-order valence-corrected chi connectivity index (χ1v) is 6.53. The normalized spacial score (nSPS) is 22.5.